The van der Waals surface area contributed by atoms with Crippen LogP contribution in [0.2, 0.25) is 0 Å². The predicted molar refractivity (Wildman–Crippen MR) is 139 cm³/mol. The van der Waals surface area contributed by atoms with Crippen molar-refractivity contribution in [2.24, 2.45) is 11.8 Å². The molecule has 2 aromatic carbocycles. The number of rotatable bonds is 4. The normalized spacial score (nSPS) is 19.2. The summed E-state index contributed by atoms with van der Waals surface area (Å²) in [5.74, 6) is 1.26. The van der Waals surface area contributed by atoms with Gasteiger partial charge in [-0.15, -0.1) is 0 Å². The van der Waals surface area contributed by atoms with E-state index in [-0.39, 0.29) is 6.09 Å². The highest BCUT2D eigenvalue weighted by Crippen LogP contribution is 2.45. The number of nitrogens with zero attached hydrogens (tertiary/aromatic N) is 2. The molecule has 4 rings (SSSR count). The summed E-state index contributed by atoms with van der Waals surface area (Å²) in [4.78, 5) is 15.5. The molecule has 1 saturated heterocycles. The van der Waals surface area contributed by atoms with Crippen LogP contribution in [0.15, 0.2) is 47.1 Å². The van der Waals surface area contributed by atoms with Crippen LogP contribution in [0.25, 0.3) is 10.9 Å². The van der Waals surface area contributed by atoms with Crippen molar-refractivity contribution in [3.63, 3.8) is 0 Å². The molecule has 0 amide bonds. The smallest absolute Gasteiger partial charge is 0.418 e. The molecule has 0 aliphatic carbocycles. The predicted octanol–water partition coefficient (Wildman–Crippen LogP) is 7.63. The highest BCUT2D eigenvalue weighted by molar-refractivity contribution is 9.10. The average Bonchev–Trinajstić information content (AvgIpc) is 3.12. The summed E-state index contributed by atoms with van der Waals surface area (Å²) in [6.07, 6.45) is 1.53. The number of carbonyl (C=O) groups is 1. The molecule has 1 aromatic heterocycles. The molecule has 0 radical (unpaired) electrons. The first-order valence-electron chi connectivity index (χ1n) is 11.8. The molecule has 0 bridgehead atoms. The van der Waals surface area contributed by atoms with Gasteiger partial charge in [0, 0.05) is 35.2 Å². The van der Waals surface area contributed by atoms with E-state index in [4.69, 9.17) is 4.74 Å². The van der Waals surface area contributed by atoms with Gasteiger partial charge in [0.2, 0.25) is 0 Å². The maximum absolute atomic E-state index is 12.9. The Balaban J connectivity index is 1.70. The fourth-order valence-electron chi connectivity index (χ4n) is 5.12. The van der Waals surface area contributed by atoms with Crippen molar-refractivity contribution in [3.8, 4) is 0 Å². The second-order valence-corrected chi connectivity index (χ2v) is 11.7. The van der Waals surface area contributed by atoms with Crippen LogP contribution in [0.5, 0.6) is 0 Å². The van der Waals surface area contributed by atoms with Crippen molar-refractivity contribution < 1.29 is 9.53 Å². The number of ether oxygens (including phenoxy) is 1. The summed E-state index contributed by atoms with van der Waals surface area (Å²) in [5, 5.41) is 1.14. The van der Waals surface area contributed by atoms with E-state index in [9.17, 15) is 4.79 Å². The van der Waals surface area contributed by atoms with Crippen molar-refractivity contribution in [3.05, 3.63) is 69.3 Å². The van der Waals surface area contributed by atoms with Gasteiger partial charge in [0.1, 0.15) is 5.60 Å². The Morgan fingerprint density at radius 1 is 1.12 bits per heavy atom. The lowest BCUT2D eigenvalue weighted by molar-refractivity contribution is -0.0201. The van der Waals surface area contributed by atoms with E-state index < -0.39 is 5.60 Å². The Hall–Kier alpha value is -2.11. The largest absolute Gasteiger partial charge is 0.443 e. The summed E-state index contributed by atoms with van der Waals surface area (Å²) >= 11 is 3.57. The molecule has 5 heteroatoms. The monoisotopic (exact) mass is 510 g/mol. The number of aromatic nitrogens is 1. The number of carbonyl (C=O) groups excluding carboxylic acids is 1. The van der Waals surface area contributed by atoms with E-state index in [1.54, 1.807) is 4.57 Å². The number of likely N-dealkylation sites (tertiary alicyclic amines) is 1. The van der Waals surface area contributed by atoms with Gasteiger partial charge in [0.15, 0.2) is 0 Å². The molecule has 1 aliphatic heterocycles. The second kappa shape index (κ2) is 8.92. The molecule has 1 aliphatic rings. The van der Waals surface area contributed by atoms with Crippen molar-refractivity contribution in [2.75, 3.05) is 6.54 Å². The van der Waals surface area contributed by atoms with E-state index in [0.717, 1.165) is 34.0 Å². The van der Waals surface area contributed by atoms with E-state index in [0.29, 0.717) is 17.9 Å². The van der Waals surface area contributed by atoms with Gasteiger partial charge in [-0.25, -0.2) is 4.79 Å². The van der Waals surface area contributed by atoms with Crippen LogP contribution in [0.1, 0.15) is 62.9 Å². The Bertz CT molecular complexity index is 1170. The van der Waals surface area contributed by atoms with Gasteiger partial charge in [0.05, 0.1) is 5.52 Å². The number of halogens is 1. The third kappa shape index (κ3) is 4.76. The number of hydrogen-bond donors (Lipinski definition) is 0. The molecule has 1 fully saturated rings. The van der Waals surface area contributed by atoms with Crippen LogP contribution in [0, 0.1) is 25.7 Å². The van der Waals surface area contributed by atoms with Gasteiger partial charge in [-0.3, -0.25) is 9.47 Å². The maximum atomic E-state index is 12.9. The Morgan fingerprint density at radius 2 is 1.79 bits per heavy atom. The summed E-state index contributed by atoms with van der Waals surface area (Å²) < 4.78 is 8.44. The van der Waals surface area contributed by atoms with Crippen LogP contribution in [0.3, 0.4) is 0 Å². The van der Waals surface area contributed by atoms with E-state index in [1.165, 1.54) is 16.7 Å². The van der Waals surface area contributed by atoms with E-state index in [1.807, 2.05) is 27.0 Å². The minimum Gasteiger partial charge on any atom is -0.443 e. The average molecular weight is 512 g/mol. The van der Waals surface area contributed by atoms with Crippen LogP contribution in [-0.2, 0) is 11.3 Å². The van der Waals surface area contributed by atoms with Crippen molar-refractivity contribution in [2.45, 2.75) is 66.7 Å². The minimum atomic E-state index is -0.531. The van der Waals surface area contributed by atoms with Crippen LogP contribution < -0.4 is 0 Å². The van der Waals surface area contributed by atoms with Gasteiger partial charge in [-0.1, -0.05) is 48.0 Å². The molecule has 4 nitrogen and oxygen atoms in total. The Labute approximate surface area is 206 Å². The first kappa shape index (κ1) is 24.0. The summed E-state index contributed by atoms with van der Waals surface area (Å²) in [5.41, 5.74) is 5.44. The zero-order valence-electron chi connectivity index (χ0n) is 20.8. The Kier molecular flexibility index (Phi) is 6.49. The molecular weight excluding hydrogens is 476 g/mol. The van der Waals surface area contributed by atoms with Crippen molar-refractivity contribution in [1.29, 1.82) is 0 Å². The summed E-state index contributed by atoms with van der Waals surface area (Å²) in [6.45, 7) is 16.5. The van der Waals surface area contributed by atoms with Gasteiger partial charge >= 0.3 is 6.09 Å². The first-order valence-corrected chi connectivity index (χ1v) is 12.6. The van der Waals surface area contributed by atoms with Gasteiger partial charge in [-0.2, -0.15) is 0 Å². The second-order valence-electron chi connectivity index (χ2n) is 10.8. The molecule has 2 atom stereocenters. The fourth-order valence-corrected chi connectivity index (χ4v) is 5.38. The van der Waals surface area contributed by atoms with Crippen molar-refractivity contribution >= 4 is 32.9 Å². The molecule has 3 aromatic rings. The fraction of sp³-hybridized carbons (Fsp3) is 0.464. The van der Waals surface area contributed by atoms with Gasteiger partial charge < -0.3 is 4.74 Å². The minimum absolute atomic E-state index is 0.327. The third-order valence-corrected chi connectivity index (χ3v) is 7.29. The number of benzene rings is 2. The van der Waals surface area contributed by atoms with Crippen LogP contribution in [-0.4, -0.2) is 27.7 Å². The lowest BCUT2D eigenvalue weighted by Gasteiger charge is -2.51. The lowest BCUT2D eigenvalue weighted by Crippen LogP contribution is -2.51. The molecule has 2 heterocycles. The van der Waals surface area contributed by atoms with E-state index in [2.05, 4.69) is 84.9 Å². The highest BCUT2D eigenvalue weighted by atomic mass is 79.9. The third-order valence-electron chi connectivity index (χ3n) is 6.76. The van der Waals surface area contributed by atoms with Gasteiger partial charge in [-0.05, 0) is 86.9 Å². The number of aryl methyl sites for hydroxylation is 2. The van der Waals surface area contributed by atoms with Crippen LogP contribution >= 0.6 is 15.9 Å². The number of fused-ring (bicyclic) bond motifs is 1. The SMILES string of the molecule is Cc1cc(C)c2c(ccn2C(=O)OC(C)(C)C)c1CN1CC(C(C)C)C1c1ccc(Br)cc1. The first-order chi connectivity index (χ1) is 15.5. The maximum Gasteiger partial charge on any atom is 0.418 e. The zero-order chi connectivity index (χ0) is 24.1. The standard InChI is InChI=1S/C28H35BrN2O2/c1-17(2)23-15-30(26(23)20-8-10-21(29)11-9-20)16-24-18(3)14-19(4)25-22(24)12-13-31(25)27(32)33-28(5,6)7/h8-14,17,23,26H,15-16H2,1-7H3. The molecule has 0 saturated carbocycles. The number of hydrogen-bond acceptors (Lipinski definition) is 3. The molecule has 176 valence electrons. The summed E-state index contributed by atoms with van der Waals surface area (Å²) in [6, 6.07) is 13.4. The Morgan fingerprint density at radius 3 is 2.39 bits per heavy atom. The quantitative estimate of drug-likeness (QED) is 0.361. The summed E-state index contributed by atoms with van der Waals surface area (Å²) in [7, 11) is 0. The van der Waals surface area contributed by atoms with E-state index >= 15 is 0 Å². The topological polar surface area (TPSA) is 34.5 Å². The molecule has 33 heavy (non-hydrogen) atoms. The highest BCUT2D eigenvalue weighted by Gasteiger charge is 2.41. The van der Waals surface area contributed by atoms with Crippen molar-refractivity contribution in [1.82, 2.24) is 9.47 Å². The zero-order valence-corrected chi connectivity index (χ0v) is 22.4. The molecule has 0 N–H and O–H groups in total. The van der Waals surface area contributed by atoms with Gasteiger partial charge in [0.25, 0.3) is 0 Å². The van der Waals surface area contributed by atoms with Crippen LogP contribution in [0.4, 0.5) is 4.79 Å². The molecule has 0 spiro atoms. The lowest BCUT2D eigenvalue weighted by atomic mass is 9.76. The molecular formula is C28H35BrN2O2. The molecule has 2 unspecified atom stereocenters.